The van der Waals surface area contributed by atoms with E-state index in [1.54, 1.807) is 6.92 Å². The van der Waals surface area contributed by atoms with Crippen molar-refractivity contribution in [1.29, 1.82) is 0 Å². The van der Waals surface area contributed by atoms with Gasteiger partial charge < -0.3 is 9.29 Å². The van der Waals surface area contributed by atoms with Gasteiger partial charge in [-0.05, 0) is 41.1 Å². The van der Waals surface area contributed by atoms with Crippen LogP contribution in [-0.4, -0.2) is 21.3 Å². The minimum absolute atomic E-state index is 0.225. The Morgan fingerprint density at radius 3 is 2.73 bits per heavy atom. The summed E-state index contributed by atoms with van der Waals surface area (Å²) in [6, 6.07) is 4.32. The van der Waals surface area contributed by atoms with E-state index in [9.17, 15) is 9.00 Å². The van der Waals surface area contributed by atoms with Crippen LogP contribution < -0.4 is 0 Å². The second-order valence-electron chi connectivity index (χ2n) is 2.61. The molecule has 1 aromatic carbocycles. The molecular weight excluding hydrogens is 284 g/mol. The molecule has 0 aliphatic heterocycles. The van der Waals surface area contributed by atoms with Crippen molar-refractivity contribution in [3.63, 3.8) is 0 Å². The summed E-state index contributed by atoms with van der Waals surface area (Å²) in [7, 11) is 0. The highest BCUT2D eigenvalue weighted by molar-refractivity contribution is 9.10. The van der Waals surface area contributed by atoms with Crippen molar-refractivity contribution >= 4 is 33.0 Å². The SMILES string of the molecule is CCOC(=O)c1ccc(S(=O)O)c(Br)c1. The molecule has 0 radical (unpaired) electrons. The monoisotopic (exact) mass is 292 g/mol. The van der Waals surface area contributed by atoms with Crippen molar-refractivity contribution in [2.45, 2.75) is 11.8 Å². The lowest BCUT2D eigenvalue weighted by Crippen LogP contribution is -2.05. The molecule has 0 spiro atoms. The lowest BCUT2D eigenvalue weighted by atomic mass is 10.2. The van der Waals surface area contributed by atoms with Crippen LogP contribution in [0, 0.1) is 0 Å². The van der Waals surface area contributed by atoms with Crippen LogP contribution in [0.15, 0.2) is 27.6 Å². The van der Waals surface area contributed by atoms with Crippen LogP contribution in [0.5, 0.6) is 0 Å². The molecule has 1 unspecified atom stereocenters. The lowest BCUT2D eigenvalue weighted by Gasteiger charge is -2.04. The van der Waals surface area contributed by atoms with Crippen molar-refractivity contribution in [2.75, 3.05) is 6.61 Å². The zero-order valence-corrected chi connectivity index (χ0v) is 10.3. The van der Waals surface area contributed by atoms with Crippen molar-refractivity contribution < 1.29 is 18.3 Å². The zero-order valence-electron chi connectivity index (χ0n) is 7.90. The summed E-state index contributed by atoms with van der Waals surface area (Å²) < 4.78 is 24.9. The number of halogens is 1. The van der Waals surface area contributed by atoms with Crippen molar-refractivity contribution in [1.82, 2.24) is 0 Å². The summed E-state index contributed by atoms with van der Waals surface area (Å²) in [4.78, 5) is 11.5. The minimum atomic E-state index is -2.06. The molecule has 0 fully saturated rings. The van der Waals surface area contributed by atoms with Crippen molar-refractivity contribution in [2.24, 2.45) is 0 Å². The Kier molecular flexibility index (Phi) is 4.44. The van der Waals surface area contributed by atoms with Crippen LogP contribution >= 0.6 is 15.9 Å². The fourth-order valence-electron chi connectivity index (χ4n) is 0.984. The average molecular weight is 293 g/mol. The maximum absolute atomic E-state index is 11.3. The molecule has 82 valence electrons. The topological polar surface area (TPSA) is 63.6 Å². The van der Waals surface area contributed by atoms with E-state index < -0.39 is 17.0 Å². The summed E-state index contributed by atoms with van der Waals surface area (Å²) in [5.74, 6) is -0.450. The molecule has 0 heterocycles. The Morgan fingerprint density at radius 1 is 1.60 bits per heavy atom. The molecule has 1 atom stereocenters. The Labute approximate surface area is 98.0 Å². The van der Waals surface area contributed by atoms with Crippen molar-refractivity contribution in [3.05, 3.63) is 28.2 Å². The zero-order chi connectivity index (χ0) is 11.4. The summed E-state index contributed by atoms with van der Waals surface area (Å²) in [5, 5.41) is 0. The van der Waals surface area contributed by atoms with Gasteiger partial charge in [-0.2, -0.15) is 0 Å². The molecule has 0 aromatic heterocycles. The van der Waals surface area contributed by atoms with Crippen LogP contribution in [0.1, 0.15) is 17.3 Å². The van der Waals surface area contributed by atoms with Crippen LogP contribution in [0.3, 0.4) is 0 Å². The summed E-state index contributed by atoms with van der Waals surface area (Å²) in [6.45, 7) is 2.01. The predicted octanol–water partition coefficient (Wildman–Crippen LogP) is 2.21. The number of carbonyl (C=O) groups is 1. The molecule has 15 heavy (non-hydrogen) atoms. The molecule has 1 rings (SSSR count). The molecule has 0 saturated heterocycles. The molecule has 0 bridgehead atoms. The first-order valence-corrected chi connectivity index (χ1v) is 6.03. The Hall–Kier alpha value is -0.720. The molecule has 6 heteroatoms. The van der Waals surface area contributed by atoms with E-state index in [1.165, 1.54) is 18.2 Å². The molecule has 1 N–H and O–H groups in total. The number of carbonyl (C=O) groups excluding carboxylic acids is 1. The summed E-state index contributed by atoms with van der Waals surface area (Å²) in [6.07, 6.45) is 0. The standard InChI is InChI=1S/C9H9BrO4S/c1-2-14-9(11)6-3-4-8(15(12)13)7(10)5-6/h3-5H,2H2,1H3,(H,12,13). The highest BCUT2D eigenvalue weighted by Gasteiger charge is 2.11. The quantitative estimate of drug-likeness (QED) is 0.685. The third-order valence-corrected chi connectivity index (χ3v) is 3.28. The normalized spacial score (nSPS) is 12.2. The lowest BCUT2D eigenvalue weighted by molar-refractivity contribution is 0.0526. The fourth-order valence-corrected chi connectivity index (χ4v) is 2.19. The van der Waals surface area contributed by atoms with Crippen LogP contribution in [-0.2, 0) is 15.8 Å². The van der Waals surface area contributed by atoms with E-state index >= 15 is 0 Å². The number of ether oxygens (including phenoxy) is 1. The number of benzene rings is 1. The van der Waals surface area contributed by atoms with Gasteiger partial charge in [0.1, 0.15) is 0 Å². The fraction of sp³-hybridized carbons (Fsp3) is 0.222. The first-order chi connectivity index (χ1) is 7.06. The molecule has 4 nitrogen and oxygen atoms in total. The number of hydrogen-bond acceptors (Lipinski definition) is 3. The van der Waals surface area contributed by atoms with Gasteiger partial charge in [-0.1, -0.05) is 0 Å². The second-order valence-corrected chi connectivity index (χ2v) is 4.41. The van der Waals surface area contributed by atoms with Gasteiger partial charge in [0.15, 0.2) is 11.1 Å². The highest BCUT2D eigenvalue weighted by atomic mass is 79.9. The van der Waals surface area contributed by atoms with E-state index in [-0.39, 0.29) is 4.90 Å². The summed E-state index contributed by atoms with van der Waals surface area (Å²) in [5.41, 5.74) is 0.345. The largest absolute Gasteiger partial charge is 0.462 e. The molecular formula is C9H9BrO4S. The molecule has 1 aromatic rings. The molecule has 0 saturated carbocycles. The van der Waals surface area contributed by atoms with Crippen LogP contribution in [0.4, 0.5) is 0 Å². The first-order valence-electron chi connectivity index (χ1n) is 4.13. The number of hydrogen-bond donors (Lipinski definition) is 1. The van der Waals surface area contributed by atoms with E-state index in [2.05, 4.69) is 15.9 Å². The molecule has 0 aliphatic rings. The molecule has 0 amide bonds. The average Bonchev–Trinajstić information content (AvgIpc) is 2.17. The Balaban J connectivity index is 3.01. The van der Waals surface area contributed by atoms with Gasteiger partial charge in [0.05, 0.1) is 17.1 Å². The number of rotatable bonds is 3. The highest BCUT2D eigenvalue weighted by Crippen LogP contribution is 2.21. The predicted molar refractivity (Wildman–Crippen MR) is 59.1 cm³/mol. The van der Waals surface area contributed by atoms with Gasteiger partial charge in [-0.25, -0.2) is 9.00 Å². The van der Waals surface area contributed by atoms with Gasteiger partial charge >= 0.3 is 5.97 Å². The minimum Gasteiger partial charge on any atom is -0.462 e. The maximum atomic E-state index is 11.3. The van der Waals surface area contributed by atoms with E-state index in [1.807, 2.05) is 0 Å². The molecule has 0 aliphatic carbocycles. The van der Waals surface area contributed by atoms with Gasteiger partial charge in [-0.15, -0.1) is 0 Å². The third kappa shape index (κ3) is 3.12. The van der Waals surface area contributed by atoms with Gasteiger partial charge in [0.25, 0.3) is 0 Å². The van der Waals surface area contributed by atoms with Gasteiger partial charge in [0, 0.05) is 4.47 Å². The van der Waals surface area contributed by atoms with E-state index in [0.717, 1.165) is 0 Å². The van der Waals surface area contributed by atoms with Crippen LogP contribution in [0.2, 0.25) is 0 Å². The smallest absolute Gasteiger partial charge is 0.338 e. The van der Waals surface area contributed by atoms with E-state index in [4.69, 9.17) is 9.29 Å². The van der Waals surface area contributed by atoms with E-state index in [0.29, 0.717) is 16.6 Å². The Bertz CT molecular complexity index is 405. The number of esters is 1. The first kappa shape index (κ1) is 12.4. The summed E-state index contributed by atoms with van der Waals surface area (Å²) >= 11 is 1.04. The Morgan fingerprint density at radius 2 is 2.27 bits per heavy atom. The maximum Gasteiger partial charge on any atom is 0.338 e. The van der Waals surface area contributed by atoms with Gasteiger partial charge in [0.2, 0.25) is 0 Å². The van der Waals surface area contributed by atoms with Crippen LogP contribution in [0.25, 0.3) is 0 Å². The van der Waals surface area contributed by atoms with Gasteiger partial charge in [-0.3, -0.25) is 0 Å². The second kappa shape index (κ2) is 5.39. The van der Waals surface area contributed by atoms with Crippen molar-refractivity contribution in [3.8, 4) is 0 Å². The third-order valence-electron chi connectivity index (χ3n) is 1.63.